The Bertz CT molecular complexity index is 1420. The molecule has 2 aromatic rings. The largest absolute Gasteiger partial charge is 0.465 e. The summed E-state index contributed by atoms with van der Waals surface area (Å²) < 4.78 is 38.4. The van der Waals surface area contributed by atoms with Crippen LogP contribution in [-0.4, -0.2) is 20.0 Å². The van der Waals surface area contributed by atoms with Crippen molar-refractivity contribution in [1.82, 2.24) is 0 Å². The van der Waals surface area contributed by atoms with Gasteiger partial charge in [-0.2, -0.15) is 8.42 Å². The fraction of sp³-hybridized carbons (Fsp3) is 0.400. The van der Waals surface area contributed by atoms with Crippen LogP contribution in [0.3, 0.4) is 0 Å². The highest BCUT2D eigenvalue weighted by Gasteiger charge is 2.48. The molecule has 0 N–H and O–H groups in total. The maximum absolute atomic E-state index is 13.6. The first-order valence-electron chi connectivity index (χ1n) is 12.6. The number of rotatable bonds is 4. The van der Waals surface area contributed by atoms with Gasteiger partial charge in [0.05, 0.1) is 5.92 Å². The second-order valence-electron chi connectivity index (χ2n) is 12.0. The van der Waals surface area contributed by atoms with Crippen LogP contribution in [0.15, 0.2) is 76.1 Å². The minimum Gasteiger partial charge on any atom is -0.465 e. The first-order chi connectivity index (χ1) is 17.3. The van der Waals surface area contributed by atoms with Gasteiger partial charge >= 0.3 is 10.1 Å². The molecule has 0 spiro atoms. The van der Waals surface area contributed by atoms with Crippen molar-refractivity contribution in [3.63, 3.8) is 0 Å². The highest BCUT2D eigenvalue weighted by molar-refractivity contribution is 7.87. The number of ether oxygens (including phenoxy) is 1. The summed E-state index contributed by atoms with van der Waals surface area (Å²) in [4.78, 5) is 27.1. The lowest BCUT2D eigenvalue weighted by atomic mass is 9.65. The van der Waals surface area contributed by atoms with Crippen LogP contribution in [0.2, 0.25) is 0 Å². The molecule has 0 aromatic heterocycles. The van der Waals surface area contributed by atoms with E-state index in [2.05, 4.69) is 0 Å². The third-order valence-corrected chi connectivity index (χ3v) is 8.57. The lowest BCUT2D eigenvalue weighted by Gasteiger charge is -2.42. The van der Waals surface area contributed by atoms with Crippen molar-refractivity contribution < 1.29 is 26.9 Å². The Morgan fingerprint density at radius 2 is 1.30 bits per heavy atom. The first kappa shape index (κ1) is 25.5. The molecule has 194 valence electrons. The van der Waals surface area contributed by atoms with Crippen LogP contribution in [0.1, 0.15) is 70.4 Å². The molecule has 3 aliphatic rings. The van der Waals surface area contributed by atoms with Gasteiger partial charge in [-0.15, -0.1) is 0 Å². The summed E-state index contributed by atoms with van der Waals surface area (Å²) in [6, 6.07) is 13.2. The zero-order valence-corrected chi connectivity index (χ0v) is 22.7. The molecule has 0 atom stereocenters. The minimum atomic E-state index is -4.15. The molecule has 1 aliphatic heterocycles. The lowest BCUT2D eigenvalue weighted by Crippen LogP contribution is -2.37. The van der Waals surface area contributed by atoms with E-state index in [0.29, 0.717) is 53.9 Å². The van der Waals surface area contributed by atoms with Gasteiger partial charge < -0.3 is 8.92 Å². The molecule has 0 amide bonds. The van der Waals surface area contributed by atoms with Gasteiger partial charge in [-0.1, -0.05) is 63.6 Å². The summed E-state index contributed by atoms with van der Waals surface area (Å²) in [5, 5.41) is 0. The van der Waals surface area contributed by atoms with E-state index in [0.717, 1.165) is 5.56 Å². The lowest BCUT2D eigenvalue weighted by molar-refractivity contribution is -0.120. The van der Waals surface area contributed by atoms with E-state index in [1.807, 2.05) is 34.6 Å². The molecular formula is C30H32O6S. The predicted octanol–water partition coefficient (Wildman–Crippen LogP) is 6.16. The smallest absolute Gasteiger partial charge is 0.339 e. The van der Waals surface area contributed by atoms with E-state index >= 15 is 0 Å². The average Bonchev–Trinajstić information content (AvgIpc) is 2.76. The average molecular weight is 521 g/mol. The van der Waals surface area contributed by atoms with Gasteiger partial charge in [0, 0.05) is 42.4 Å². The summed E-state index contributed by atoms with van der Waals surface area (Å²) in [7, 11) is -4.15. The number of allylic oxidation sites excluding steroid dienone is 4. The topological polar surface area (TPSA) is 86.7 Å². The van der Waals surface area contributed by atoms with Crippen molar-refractivity contribution in [2.24, 2.45) is 10.8 Å². The number of para-hydroxylation sites is 1. The van der Waals surface area contributed by atoms with Gasteiger partial charge in [-0.3, -0.25) is 9.59 Å². The van der Waals surface area contributed by atoms with Crippen LogP contribution in [0.4, 0.5) is 0 Å². The van der Waals surface area contributed by atoms with E-state index in [9.17, 15) is 18.0 Å². The molecule has 0 unspecified atom stereocenters. The molecule has 0 bridgehead atoms. The van der Waals surface area contributed by atoms with E-state index in [-0.39, 0.29) is 33.0 Å². The number of carbonyl (C=O) groups is 2. The van der Waals surface area contributed by atoms with Crippen molar-refractivity contribution in [2.75, 3.05) is 0 Å². The number of carbonyl (C=O) groups excluding carboxylic acids is 2. The zero-order chi connectivity index (χ0) is 26.8. The fourth-order valence-corrected chi connectivity index (χ4v) is 6.61. The highest BCUT2D eigenvalue weighted by atomic mass is 32.2. The number of aryl methyl sites for hydroxylation is 1. The maximum atomic E-state index is 13.6. The summed E-state index contributed by atoms with van der Waals surface area (Å²) >= 11 is 0. The SMILES string of the molecule is Cc1ccc(S(=O)(=O)Oc2ccccc2C2C3=C(CC(C)(C)CC3=O)OC3=C2C(=O)CC(C)(C)C3)cc1. The second kappa shape index (κ2) is 8.69. The van der Waals surface area contributed by atoms with E-state index in [1.165, 1.54) is 12.1 Å². The van der Waals surface area contributed by atoms with Gasteiger partial charge in [-0.05, 0) is 36.0 Å². The molecule has 0 saturated heterocycles. The molecule has 6 nitrogen and oxygen atoms in total. The molecule has 2 aliphatic carbocycles. The van der Waals surface area contributed by atoms with E-state index < -0.39 is 16.0 Å². The Labute approximate surface area is 218 Å². The van der Waals surface area contributed by atoms with E-state index in [1.54, 1.807) is 36.4 Å². The number of hydrogen-bond acceptors (Lipinski definition) is 6. The Morgan fingerprint density at radius 1 is 0.784 bits per heavy atom. The van der Waals surface area contributed by atoms with Crippen molar-refractivity contribution in [1.29, 1.82) is 0 Å². The number of ketones is 2. The summed E-state index contributed by atoms with van der Waals surface area (Å²) in [5.74, 6) is 0.339. The Balaban J connectivity index is 1.67. The van der Waals surface area contributed by atoms with Gasteiger partial charge in [-0.25, -0.2) is 0 Å². The van der Waals surface area contributed by atoms with Crippen molar-refractivity contribution >= 4 is 21.7 Å². The van der Waals surface area contributed by atoms with E-state index in [4.69, 9.17) is 8.92 Å². The molecule has 0 radical (unpaired) electrons. The van der Waals surface area contributed by atoms with Crippen LogP contribution >= 0.6 is 0 Å². The minimum absolute atomic E-state index is 0.0330. The normalized spacial score (nSPS) is 21.3. The van der Waals surface area contributed by atoms with Gasteiger partial charge in [0.15, 0.2) is 11.6 Å². The summed E-state index contributed by atoms with van der Waals surface area (Å²) in [6.07, 6.45) is 1.75. The quantitative estimate of drug-likeness (QED) is 0.449. The van der Waals surface area contributed by atoms with Crippen molar-refractivity contribution in [2.45, 2.75) is 71.1 Å². The Hall–Kier alpha value is -3.19. The summed E-state index contributed by atoms with van der Waals surface area (Å²) in [6.45, 7) is 9.98. The third-order valence-electron chi connectivity index (χ3n) is 7.32. The molecular weight excluding hydrogens is 488 g/mol. The monoisotopic (exact) mass is 520 g/mol. The molecule has 2 aromatic carbocycles. The van der Waals surface area contributed by atoms with Crippen molar-refractivity contribution in [3.05, 3.63) is 82.3 Å². The molecule has 1 heterocycles. The fourth-order valence-electron chi connectivity index (χ4n) is 5.65. The predicted molar refractivity (Wildman–Crippen MR) is 139 cm³/mol. The van der Waals surface area contributed by atoms with Crippen LogP contribution < -0.4 is 4.18 Å². The van der Waals surface area contributed by atoms with Gasteiger partial charge in [0.1, 0.15) is 22.2 Å². The molecule has 37 heavy (non-hydrogen) atoms. The van der Waals surface area contributed by atoms with Crippen LogP contribution in [0.25, 0.3) is 0 Å². The van der Waals surface area contributed by atoms with Crippen LogP contribution in [-0.2, 0) is 24.4 Å². The first-order valence-corrected chi connectivity index (χ1v) is 14.0. The third kappa shape index (κ3) is 4.77. The summed E-state index contributed by atoms with van der Waals surface area (Å²) in [5.41, 5.74) is 1.72. The van der Waals surface area contributed by atoms with Gasteiger partial charge in [0.25, 0.3) is 0 Å². The molecule has 5 rings (SSSR count). The second-order valence-corrected chi connectivity index (χ2v) is 13.5. The molecule has 7 heteroatoms. The molecule has 0 saturated carbocycles. The number of hydrogen-bond donors (Lipinski definition) is 0. The number of benzene rings is 2. The molecule has 0 fully saturated rings. The van der Waals surface area contributed by atoms with Gasteiger partial charge in [0.2, 0.25) is 0 Å². The zero-order valence-electron chi connectivity index (χ0n) is 21.9. The standard InChI is InChI=1S/C30H32O6S/c1-18-10-12-19(13-11-18)37(33,34)36-23-9-7-6-8-20(23)26-27-21(31)14-29(2,3)16-24(27)35-25-17-30(4,5)15-22(32)28(25)26/h6-13,26H,14-17H2,1-5H3. The Morgan fingerprint density at radius 3 is 1.84 bits per heavy atom. The Kier molecular flexibility index (Phi) is 5.98. The highest BCUT2D eigenvalue weighted by Crippen LogP contribution is 2.54. The van der Waals surface area contributed by atoms with Crippen molar-refractivity contribution in [3.8, 4) is 5.75 Å². The number of Topliss-reactive ketones (excluding diaryl/α,β-unsaturated/α-hetero) is 2. The van der Waals surface area contributed by atoms with Crippen LogP contribution in [0, 0.1) is 17.8 Å². The van der Waals surface area contributed by atoms with Crippen LogP contribution in [0.5, 0.6) is 5.75 Å². The maximum Gasteiger partial charge on any atom is 0.339 e.